The Hall–Kier alpha value is -1.42. The number of rotatable bonds is 3. The van der Waals surface area contributed by atoms with Crippen molar-refractivity contribution in [3.8, 4) is 11.4 Å². The van der Waals surface area contributed by atoms with E-state index < -0.39 is 0 Å². The molecule has 0 bridgehead atoms. The molecule has 0 saturated carbocycles. The lowest BCUT2D eigenvalue weighted by molar-refractivity contribution is 1.12. The minimum absolute atomic E-state index is 0.742. The van der Waals surface area contributed by atoms with Crippen LogP contribution in [-0.2, 0) is 0 Å². The van der Waals surface area contributed by atoms with Crippen molar-refractivity contribution in [3.63, 3.8) is 0 Å². The average molecular weight is 278 g/mol. The van der Waals surface area contributed by atoms with E-state index in [1.807, 2.05) is 37.3 Å². The number of benzene rings is 1. The van der Waals surface area contributed by atoms with Gasteiger partial charge in [-0.25, -0.2) is 9.97 Å². The highest BCUT2D eigenvalue weighted by Crippen LogP contribution is 2.19. The van der Waals surface area contributed by atoms with E-state index in [1.54, 1.807) is 6.20 Å². The van der Waals surface area contributed by atoms with Gasteiger partial charge in [0, 0.05) is 22.8 Å². The number of nitrogens with zero attached hydrogens (tertiary/aromatic N) is 2. The van der Waals surface area contributed by atoms with Crippen LogP contribution in [0.3, 0.4) is 0 Å². The zero-order valence-electron chi connectivity index (χ0n) is 8.94. The van der Waals surface area contributed by atoms with Gasteiger partial charge in [-0.05, 0) is 25.1 Å². The topological polar surface area (TPSA) is 37.8 Å². The monoisotopic (exact) mass is 277 g/mol. The predicted octanol–water partition coefficient (Wildman–Crippen LogP) is 3.34. The average Bonchev–Trinajstić information content (AvgIpc) is 2.31. The molecule has 2 aromatic rings. The number of halogens is 1. The zero-order valence-corrected chi connectivity index (χ0v) is 10.5. The Morgan fingerprint density at radius 3 is 2.62 bits per heavy atom. The summed E-state index contributed by atoms with van der Waals surface area (Å²) in [4.78, 5) is 8.68. The Morgan fingerprint density at radius 2 is 1.94 bits per heavy atom. The van der Waals surface area contributed by atoms with Crippen molar-refractivity contribution in [2.24, 2.45) is 0 Å². The van der Waals surface area contributed by atoms with Gasteiger partial charge in [-0.2, -0.15) is 0 Å². The van der Waals surface area contributed by atoms with Crippen LogP contribution in [-0.4, -0.2) is 16.5 Å². The lowest BCUT2D eigenvalue weighted by Gasteiger charge is -2.04. The maximum atomic E-state index is 4.42. The fourth-order valence-electron chi connectivity index (χ4n) is 1.38. The summed E-state index contributed by atoms with van der Waals surface area (Å²) in [6.07, 6.45) is 1.77. The highest BCUT2D eigenvalue weighted by Gasteiger charge is 2.01. The Morgan fingerprint density at radius 1 is 1.19 bits per heavy atom. The minimum atomic E-state index is 0.742. The van der Waals surface area contributed by atoms with E-state index in [2.05, 4.69) is 31.2 Å². The summed E-state index contributed by atoms with van der Waals surface area (Å²) in [5.41, 5.74) is 1.02. The first-order chi connectivity index (χ1) is 7.79. The molecule has 0 unspecified atom stereocenters. The number of nitrogens with one attached hydrogen (secondary N) is 1. The van der Waals surface area contributed by atoms with Gasteiger partial charge in [0.25, 0.3) is 0 Å². The smallest absolute Gasteiger partial charge is 0.161 e. The molecule has 2 rings (SSSR count). The number of hydrogen-bond donors (Lipinski definition) is 1. The van der Waals surface area contributed by atoms with Gasteiger partial charge < -0.3 is 5.32 Å². The molecule has 4 heteroatoms. The highest BCUT2D eigenvalue weighted by atomic mass is 79.9. The van der Waals surface area contributed by atoms with E-state index in [1.165, 1.54) is 0 Å². The van der Waals surface area contributed by atoms with Gasteiger partial charge in [0.1, 0.15) is 5.82 Å². The van der Waals surface area contributed by atoms with Crippen LogP contribution in [0.5, 0.6) is 0 Å². The van der Waals surface area contributed by atoms with Crippen LogP contribution >= 0.6 is 15.9 Å². The second-order valence-electron chi connectivity index (χ2n) is 3.30. The van der Waals surface area contributed by atoms with Crippen LogP contribution in [0.25, 0.3) is 11.4 Å². The molecular weight excluding hydrogens is 266 g/mol. The van der Waals surface area contributed by atoms with Gasteiger partial charge in [-0.3, -0.25) is 0 Å². The van der Waals surface area contributed by atoms with Crippen molar-refractivity contribution >= 4 is 21.7 Å². The van der Waals surface area contributed by atoms with Crippen molar-refractivity contribution in [2.45, 2.75) is 6.92 Å². The normalized spacial score (nSPS) is 10.1. The molecule has 0 spiro atoms. The zero-order chi connectivity index (χ0) is 11.4. The van der Waals surface area contributed by atoms with E-state index in [4.69, 9.17) is 0 Å². The maximum absolute atomic E-state index is 4.42. The molecule has 0 aliphatic heterocycles. The van der Waals surface area contributed by atoms with Crippen molar-refractivity contribution in [2.75, 3.05) is 11.9 Å². The summed E-state index contributed by atoms with van der Waals surface area (Å²) in [7, 11) is 0. The molecule has 3 nitrogen and oxygen atoms in total. The quantitative estimate of drug-likeness (QED) is 0.935. The summed E-state index contributed by atoms with van der Waals surface area (Å²) in [6, 6.07) is 9.83. The molecule has 1 aromatic carbocycles. The lowest BCUT2D eigenvalue weighted by atomic mass is 10.2. The lowest BCUT2D eigenvalue weighted by Crippen LogP contribution is -2.00. The van der Waals surface area contributed by atoms with Gasteiger partial charge in [0.15, 0.2) is 5.82 Å². The fourth-order valence-corrected chi connectivity index (χ4v) is 1.64. The van der Waals surface area contributed by atoms with Crippen molar-refractivity contribution in [1.29, 1.82) is 0 Å². The highest BCUT2D eigenvalue weighted by molar-refractivity contribution is 9.10. The van der Waals surface area contributed by atoms with Gasteiger partial charge in [0.2, 0.25) is 0 Å². The van der Waals surface area contributed by atoms with Crippen molar-refractivity contribution in [3.05, 3.63) is 41.0 Å². The summed E-state index contributed by atoms with van der Waals surface area (Å²) >= 11 is 3.40. The number of aromatic nitrogens is 2. The third-order valence-corrected chi connectivity index (χ3v) is 2.64. The Kier molecular flexibility index (Phi) is 3.51. The Bertz CT molecular complexity index is 468. The standard InChI is InChI=1S/C12H12BrN3/c1-2-14-11-7-8-15-12(16-11)9-3-5-10(13)6-4-9/h3-8H,2H2,1H3,(H,14,15,16). The second kappa shape index (κ2) is 5.07. The van der Waals surface area contributed by atoms with E-state index in [0.717, 1.165) is 28.2 Å². The second-order valence-corrected chi connectivity index (χ2v) is 4.22. The first kappa shape index (κ1) is 11.1. The maximum Gasteiger partial charge on any atom is 0.161 e. The third-order valence-electron chi connectivity index (χ3n) is 2.12. The molecule has 0 amide bonds. The van der Waals surface area contributed by atoms with Gasteiger partial charge >= 0.3 is 0 Å². The van der Waals surface area contributed by atoms with E-state index in [9.17, 15) is 0 Å². The first-order valence-electron chi connectivity index (χ1n) is 5.12. The molecule has 0 fully saturated rings. The molecule has 1 N–H and O–H groups in total. The van der Waals surface area contributed by atoms with Crippen LogP contribution < -0.4 is 5.32 Å². The van der Waals surface area contributed by atoms with Gasteiger partial charge in [-0.1, -0.05) is 28.1 Å². The molecule has 0 aliphatic rings. The predicted molar refractivity (Wildman–Crippen MR) is 69.3 cm³/mol. The molecular formula is C12H12BrN3. The SMILES string of the molecule is CCNc1ccnc(-c2ccc(Br)cc2)n1. The summed E-state index contributed by atoms with van der Waals surface area (Å²) in [5.74, 6) is 1.60. The number of hydrogen-bond acceptors (Lipinski definition) is 3. The third kappa shape index (κ3) is 2.58. The Labute approximate surface area is 103 Å². The summed E-state index contributed by atoms with van der Waals surface area (Å²) in [6.45, 7) is 2.90. The van der Waals surface area contributed by atoms with E-state index >= 15 is 0 Å². The van der Waals surface area contributed by atoms with Crippen LogP contribution in [0, 0.1) is 0 Å². The molecule has 0 saturated heterocycles. The van der Waals surface area contributed by atoms with Crippen molar-refractivity contribution < 1.29 is 0 Å². The number of anilines is 1. The molecule has 0 radical (unpaired) electrons. The molecule has 1 heterocycles. The molecule has 0 aliphatic carbocycles. The largest absolute Gasteiger partial charge is 0.370 e. The fraction of sp³-hybridized carbons (Fsp3) is 0.167. The van der Waals surface area contributed by atoms with E-state index in [-0.39, 0.29) is 0 Å². The molecule has 1 aromatic heterocycles. The van der Waals surface area contributed by atoms with Gasteiger partial charge in [-0.15, -0.1) is 0 Å². The summed E-state index contributed by atoms with van der Waals surface area (Å²) in [5, 5.41) is 3.17. The van der Waals surface area contributed by atoms with Crippen LogP contribution in [0.1, 0.15) is 6.92 Å². The van der Waals surface area contributed by atoms with Crippen LogP contribution in [0.2, 0.25) is 0 Å². The Balaban J connectivity index is 2.32. The summed E-state index contributed by atoms with van der Waals surface area (Å²) < 4.78 is 1.05. The minimum Gasteiger partial charge on any atom is -0.370 e. The molecule has 0 atom stereocenters. The van der Waals surface area contributed by atoms with E-state index in [0.29, 0.717) is 0 Å². The van der Waals surface area contributed by atoms with Crippen molar-refractivity contribution in [1.82, 2.24) is 9.97 Å². The first-order valence-corrected chi connectivity index (χ1v) is 5.92. The van der Waals surface area contributed by atoms with Crippen LogP contribution in [0.4, 0.5) is 5.82 Å². The van der Waals surface area contributed by atoms with Gasteiger partial charge in [0.05, 0.1) is 0 Å². The molecule has 16 heavy (non-hydrogen) atoms. The van der Waals surface area contributed by atoms with Crippen LogP contribution in [0.15, 0.2) is 41.0 Å². The molecule has 82 valence electrons.